The van der Waals surface area contributed by atoms with Crippen molar-refractivity contribution in [2.24, 2.45) is 0 Å². The Morgan fingerprint density at radius 1 is 0.923 bits per heavy atom. The average Bonchev–Trinajstić information content (AvgIpc) is 2.63. The number of rotatable bonds is 6. The number of benzene rings is 2. The molecule has 0 unspecified atom stereocenters. The predicted molar refractivity (Wildman–Crippen MR) is 105 cm³/mol. The molecule has 0 saturated heterocycles. The van der Waals surface area contributed by atoms with Gasteiger partial charge in [0.1, 0.15) is 17.3 Å². The van der Waals surface area contributed by atoms with E-state index in [2.05, 4.69) is 20.6 Å². The molecule has 0 aliphatic carbocycles. The highest BCUT2D eigenvalue weighted by Gasteiger charge is 2.11. The van der Waals surface area contributed by atoms with Crippen molar-refractivity contribution in [2.45, 2.75) is 0 Å². The van der Waals surface area contributed by atoms with E-state index >= 15 is 0 Å². The Labute approximate surface area is 161 Å². The van der Waals surface area contributed by atoms with Gasteiger partial charge in [-0.3, -0.25) is 0 Å². The third-order valence-corrected chi connectivity index (χ3v) is 4.00. The predicted octanol–water partition coefficient (Wildman–Crippen LogP) is 5.29. The molecule has 0 atom stereocenters. The number of methoxy groups -OCH3 is 2. The summed E-state index contributed by atoms with van der Waals surface area (Å²) in [5, 5.41) is 7.38. The van der Waals surface area contributed by atoms with Crippen molar-refractivity contribution in [1.82, 2.24) is 9.97 Å². The number of hydrogen-bond acceptors (Lipinski definition) is 6. The number of ether oxygens (including phenoxy) is 2. The summed E-state index contributed by atoms with van der Waals surface area (Å²) < 4.78 is 10.6. The SMILES string of the molecule is COc1cc(Nc2nccc(Nc3cccc(Cl)c3)n2)c(OC)cc1Cl. The van der Waals surface area contributed by atoms with Gasteiger partial charge in [-0.1, -0.05) is 29.3 Å². The molecule has 2 N–H and O–H groups in total. The summed E-state index contributed by atoms with van der Waals surface area (Å²) in [6.45, 7) is 0. The lowest BCUT2D eigenvalue weighted by Gasteiger charge is -2.13. The Kier molecular flexibility index (Phi) is 5.65. The second-order valence-electron chi connectivity index (χ2n) is 5.21. The highest BCUT2D eigenvalue weighted by atomic mass is 35.5. The second kappa shape index (κ2) is 8.12. The van der Waals surface area contributed by atoms with Crippen molar-refractivity contribution in [3.63, 3.8) is 0 Å². The van der Waals surface area contributed by atoms with Crippen LogP contribution in [0.4, 0.5) is 23.1 Å². The molecule has 0 radical (unpaired) electrons. The number of halogens is 2. The molecule has 0 fully saturated rings. The van der Waals surface area contributed by atoms with Gasteiger partial charge in [0.15, 0.2) is 0 Å². The molecular formula is C18H16Cl2N4O2. The Balaban J connectivity index is 1.85. The first-order chi connectivity index (χ1) is 12.6. The summed E-state index contributed by atoms with van der Waals surface area (Å²) >= 11 is 12.1. The van der Waals surface area contributed by atoms with Crippen LogP contribution in [0, 0.1) is 0 Å². The van der Waals surface area contributed by atoms with Gasteiger partial charge in [-0.2, -0.15) is 4.98 Å². The van der Waals surface area contributed by atoms with Gasteiger partial charge in [0.05, 0.1) is 24.9 Å². The fraction of sp³-hybridized carbons (Fsp3) is 0.111. The second-order valence-corrected chi connectivity index (χ2v) is 6.06. The average molecular weight is 391 g/mol. The molecule has 3 rings (SSSR count). The summed E-state index contributed by atoms with van der Waals surface area (Å²) in [7, 11) is 3.10. The van der Waals surface area contributed by atoms with E-state index in [1.807, 2.05) is 18.2 Å². The summed E-state index contributed by atoms with van der Waals surface area (Å²) in [6.07, 6.45) is 1.64. The van der Waals surface area contributed by atoms with Crippen molar-refractivity contribution in [2.75, 3.05) is 24.9 Å². The zero-order valence-corrected chi connectivity index (χ0v) is 15.6. The summed E-state index contributed by atoms with van der Waals surface area (Å²) in [4.78, 5) is 8.67. The molecule has 1 heterocycles. The van der Waals surface area contributed by atoms with E-state index in [1.54, 1.807) is 44.7 Å². The topological polar surface area (TPSA) is 68.3 Å². The van der Waals surface area contributed by atoms with Crippen molar-refractivity contribution in [3.8, 4) is 11.5 Å². The van der Waals surface area contributed by atoms with E-state index in [-0.39, 0.29) is 0 Å². The number of nitrogens with one attached hydrogen (secondary N) is 2. The zero-order chi connectivity index (χ0) is 18.5. The zero-order valence-electron chi connectivity index (χ0n) is 14.1. The minimum absolute atomic E-state index is 0.389. The molecule has 134 valence electrons. The standard InChI is InChI=1S/C18H16Cl2N4O2/c1-25-15-10-14(16(26-2)9-13(15)20)23-18-21-7-6-17(24-18)22-12-5-3-4-11(19)8-12/h3-10H,1-2H3,(H2,21,22,23,24). The highest BCUT2D eigenvalue weighted by Crippen LogP contribution is 2.37. The first-order valence-corrected chi connectivity index (χ1v) is 8.39. The normalized spacial score (nSPS) is 10.3. The third kappa shape index (κ3) is 4.28. The lowest BCUT2D eigenvalue weighted by molar-refractivity contribution is 0.405. The molecule has 6 nitrogen and oxygen atoms in total. The summed E-state index contributed by atoms with van der Waals surface area (Å²) in [6, 6.07) is 12.5. The van der Waals surface area contributed by atoms with Crippen LogP contribution in [0.15, 0.2) is 48.7 Å². The van der Waals surface area contributed by atoms with E-state index in [0.717, 1.165) is 5.69 Å². The fourth-order valence-corrected chi connectivity index (χ4v) is 2.70. The largest absolute Gasteiger partial charge is 0.495 e. The van der Waals surface area contributed by atoms with Gasteiger partial charge in [-0.05, 0) is 24.3 Å². The molecular weight excluding hydrogens is 375 g/mol. The quantitative estimate of drug-likeness (QED) is 0.595. The number of hydrogen-bond donors (Lipinski definition) is 2. The van der Waals surface area contributed by atoms with Gasteiger partial charge >= 0.3 is 0 Å². The van der Waals surface area contributed by atoms with E-state index < -0.39 is 0 Å². The minimum Gasteiger partial charge on any atom is -0.495 e. The van der Waals surface area contributed by atoms with Gasteiger partial charge in [0.2, 0.25) is 5.95 Å². The van der Waals surface area contributed by atoms with Gasteiger partial charge < -0.3 is 20.1 Å². The summed E-state index contributed by atoms with van der Waals surface area (Å²) in [5.41, 5.74) is 1.46. The molecule has 2 aromatic carbocycles. The molecule has 8 heteroatoms. The summed E-state index contributed by atoms with van der Waals surface area (Å²) in [5.74, 6) is 2.07. The molecule has 0 amide bonds. The van der Waals surface area contributed by atoms with Crippen LogP contribution in [0.3, 0.4) is 0 Å². The lowest BCUT2D eigenvalue weighted by Crippen LogP contribution is -2.02. The number of anilines is 4. The molecule has 0 aliphatic heterocycles. The Bertz CT molecular complexity index is 921. The maximum Gasteiger partial charge on any atom is 0.229 e. The first kappa shape index (κ1) is 18.1. The van der Waals surface area contributed by atoms with Crippen LogP contribution in [0.2, 0.25) is 10.0 Å². The van der Waals surface area contributed by atoms with Crippen LogP contribution < -0.4 is 20.1 Å². The van der Waals surface area contributed by atoms with Crippen molar-refractivity contribution >= 4 is 46.3 Å². The molecule has 0 spiro atoms. The van der Waals surface area contributed by atoms with Crippen LogP contribution in [0.5, 0.6) is 11.5 Å². The van der Waals surface area contributed by atoms with Crippen molar-refractivity contribution < 1.29 is 9.47 Å². The third-order valence-electron chi connectivity index (χ3n) is 3.47. The van der Waals surface area contributed by atoms with E-state index in [0.29, 0.717) is 39.0 Å². The van der Waals surface area contributed by atoms with Crippen LogP contribution in [-0.4, -0.2) is 24.2 Å². The smallest absolute Gasteiger partial charge is 0.229 e. The van der Waals surface area contributed by atoms with E-state index in [9.17, 15) is 0 Å². The minimum atomic E-state index is 0.389. The van der Waals surface area contributed by atoms with Crippen molar-refractivity contribution in [3.05, 3.63) is 58.7 Å². The molecule has 1 aromatic heterocycles. The Morgan fingerprint density at radius 2 is 1.73 bits per heavy atom. The van der Waals surface area contributed by atoms with E-state index in [4.69, 9.17) is 32.7 Å². The van der Waals surface area contributed by atoms with Gasteiger partial charge in [-0.25, -0.2) is 4.98 Å². The molecule has 0 saturated carbocycles. The van der Waals surface area contributed by atoms with Crippen LogP contribution >= 0.6 is 23.2 Å². The van der Waals surface area contributed by atoms with Crippen LogP contribution in [-0.2, 0) is 0 Å². The van der Waals surface area contributed by atoms with Gasteiger partial charge in [-0.15, -0.1) is 0 Å². The van der Waals surface area contributed by atoms with Gasteiger partial charge in [0, 0.05) is 29.0 Å². The molecule has 0 bridgehead atoms. The monoisotopic (exact) mass is 390 g/mol. The molecule has 0 aliphatic rings. The Morgan fingerprint density at radius 3 is 2.46 bits per heavy atom. The fourth-order valence-electron chi connectivity index (χ4n) is 2.28. The maximum atomic E-state index is 6.13. The lowest BCUT2D eigenvalue weighted by atomic mass is 10.2. The molecule has 3 aromatic rings. The van der Waals surface area contributed by atoms with Crippen LogP contribution in [0.1, 0.15) is 0 Å². The molecule has 26 heavy (non-hydrogen) atoms. The Hall–Kier alpha value is -2.70. The first-order valence-electron chi connectivity index (χ1n) is 7.63. The van der Waals surface area contributed by atoms with Gasteiger partial charge in [0.25, 0.3) is 0 Å². The van der Waals surface area contributed by atoms with Crippen molar-refractivity contribution in [1.29, 1.82) is 0 Å². The van der Waals surface area contributed by atoms with Crippen LogP contribution in [0.25, 0.3) is 0 Å². The number of aromatic nitrogens is 2. The highest BCUT2D eigenvalue weighted by molar-refractivity contribution is 6.32. The number of nitrogens with zero attached hydrogens (tertiary/aromatic N) is 2. The maximum absolute atomic E-state index is 6.13. The van der Waals surface area contributed by atoms with E-state index in [1.165, 1.54) is 0 Å².